The zero-order valence-electron chi connectivity index (χ0n) is 21.8. The first-order chi connectivity index (χ1) is 17.4. The van der Waals surface area contributed by atoms with Gasteiger partial charge in [-0.05, 0) is 43.2 Å². The maximum atomic E-state index is 13.9. The number of methoxy groups -OCH3 is 2. The third-order valence-electron chi connectivity index (χ3n) is 6.57. The van der Waals surface area contributed by atoms with Gasteiger partial charge < -0.3 is 30.8 Å². The molecule has 1 aliphatic rings. The molecule has 0 bridgehead atoms. The van der Waals surface area contributed by atoms with E-state index in [0.29, 0.717) is 46.6 Å². The zero-order valence-corrected chi connectivity index (χ0v) is 22.6. The molecule has 3 amide bonds. The van der Waals surface area contributed by atoms with Crippen LogP contribution in [0.15, 0.2) is 12.1 Å². The van der Waals surface area contributed by atoms with Gasteiger partial charge in [0, 0.05) is 23.4 Å². The summed E-state index contributed by atoms with van der Waals surface area (Å²) in [6.45, 7) is 6.46. The number of ether oxygens (including phenoxy) is 2. The van der Waals surface area contributed by atoms with Crippen molar-refractivity contribution < 1.29 is 28.7 Å². The van der Waals surface area contributed by atoms with E-state index in [1.807, 2.05) is 20.8 Å². The standard InChI is InChI=1S/C26H35ClN4O6/c1-26(2,3)12-14(18-19-17(36-4)9-8-15(27)20(19)31-21(18)22(28)32)24(34)30-16(25(35)37-5)11-13-7-6-10-29-23(13)33/h8-9,13-14,16,31H,6-7,10-12H2,1-5H3,(H2,28,32)(H,29,33)(H,30,34)/t13-,14-,16-/m0/s1. The van der Waals surface area contributed by atoms with Crippen LogP contribution in [0.5, 0.6) is 5.75 Å². The molecule has 0 unspecified atom stereocenters. The summed E-state index contributed by atoms with van der Waals surface area (Å²) in [5.74, 6) is -3.02. The minimum absolute atomic E-state index is 0.0343. The number of nitrogens with two attached hydrogens (primary N) is 1. The highest BCUT2D eigenvalue weighted by atomic mass is 35.5. The Bertz CT molecular complexity index is 1200. The largest absolute Gasteiger partial charge is 0.496 e. The Kier molecular flexibility index (Phi) is 8.73. The van der Waals surface area contributed by atoms with E-state index in [4.69, 9.17) is 26.8 Å². The van der Waals surface area contributed by atoms with Crippen molar-refractivity contribution in [2.75, 3.05) is 20.8 Å². The van der Waals surface area contributed by atoms with Crippen LogP contribution >= 0.6 is 11.6 Å². The van der Waals surface area contributed by atoms with Crippen molar-refractivity contribution >= 4 is 46.2 Å². The molecule has 1 aromatic heterocycles. The summed E-state index contributed by atoms with van der Waals surface area (Å²) in [5.41, 5.74) is 6.15. The number of carbonyl (C=O) groups excluding carboxylic acids is 4. The number of hydrogen-bond acceptors (Lipinski definition) is 6. The van der Waals surface area contributed by atoms with Gasteiger partial charge in [0.1, 0.15) is 17.5 Å². The van der Waals surface area contributed by atoms with Crippen molar-refractivity contribution in [1.82, 2.24) is 15.6 Å². The fraction of sp³-hybridized carbons (Fsp3) is 0.538. The number of H-pyrrole nitrogens is 1. The molecular weight excluding hydrogens is 500 g/mol. The number of aromatic nitrogens is 1. The second-order valence-corrected chi connectivity index (χ2v) is 11.0. The van der Waals surface area contributed by atoms with Crippen LogP contribution in [0.3, 0.4) is 0 Å². The van der Waals surface area contributed by atoms with Crippen molar-refractivity contribution in [1.29, 1.82) is 0 Å². The molecule has 1 saturated heterocycles. The molecule has 0 aliphatic carbocycles. The molecule has 2 heterocycles. The fourth-order valence-electron chi connectivity index (χ4n) is 4.89. The second-order valence-electron chi connectivity index (χ2n) is 10.5. The van der Waals surface area contributed by atoms with E-state index in [-0.39, 0.29) is 23.4 Å². The van der Waals surface area contributed by atoms with Crippen LogP contribution in [0.25, 0.3) is 10.9 Å². The van der Waals surface area contributed by atoms with Crippen LogP contribution in [-0.4, -0.2) is 55.5 Å². The number of fused-ring (bicyclic) bond motifs is 1. The topological polar surface area (TPSA) is 153 Å². The van der Waals surface area contributed by atoms with Gasteiger partial charge >= 0.3 is 5.97 Å². The Hall–Kier alpha value is -3.27. The Morgan fingerprint density at radius 1 is 1.24 bits per heavy atom. The number of carbonyl (C=O) groups is 4. The summed E-state index contributed by atoms with van der Waals surface area (Å²) in [4.78, 5) is 54.4. The number of halogens is 1. The van der Waals surface area contributed by atoms with Crippen molar-refractivity contribution in [3.63, 3.8) is 0 Å². The van der Waals surface area contributed by atoms with Gasteiger partial charge in [-0.3, -0.25) is 14.4 Å². The van der Waals surface area contributed by atoms with Gasteiger partial charge in [-0.1, -0.05) is 32.4 Å². The Balaban J connectivity index is 2.10. The first kappa shape index (κ1) is 28.3. The minimum Gasteiger partial charge on any atom is -0.496 e. The lowest BCUT2D eigenvalue weighted by Gasteiger charge is -2.29. The first-order valence-electron chi connectivity index (χ1n) is 12.2. The van der Waals surface area contributed by atoms with Gasteiger partial charge in [-0.2, -0.15) is 0 Å². The van der Waals surface area contributed by atoms with Gasteiger partial charge in [-0.15, -0.1) is 0 Å². The van der Waals surface area contributed by atoms with Gasteiger partial charge in [0.05, 0.1) is 30.7 Å². The summed E-state index contributed by atoms with van der Waals surface area (Å²) in [5, 5.41) is 6.39. The van der Waals surface area contributed by atoms with E-state index in [1.54, 1.807) is 12.1 Å². The van der Waals surface area contributed by atoms with E-state index in [2.05, 4.69) is 15.6 Å². The number of aromatic amines is 1. The highest BCUT2D eigenvalue weighted by molar-refractivity contribution is 6.35. The molecule has 3 atom stereocenters. The summed E-state index contributed by atoms with van der Waals surface area (Å²) >= 11 is 6.42. The quantitative estimate of drug-likeness (QED) is 0.363. The highest BCUT2D eigenvalue weighted by Crippen LogP contribution is 2.43. The number of rotatable bonds is 9. The van der Waals surface area contributed by atoms with Crippen LogP contribution in [0.1, 0.15) is 68.4 Å². The Labute approximate surface area is 221 Å². The van der Waals surface area contributed by atoms with Crippen LogP contribution in [0.4, 0.5) is 0 Å². The van der Waals surface area contributed by atoms with E-state index in [1.165, 1.54) is 14.2 Å². The van der Waals surface area contributed by atoms with E-state index in [9.17, 15) is 19.2 Å². The number of primary amides is 1. The van der Waals surface area contributed by atoms with Crippen LogP contribution < -0.4 is 21.1 Å². The monoisotopic (exact) mass is 534 g/mol. The summed E-state index contributed by atoms with van der Waals surface area (Å²) in [6.07, 6.45) is 1.78. The number of piperidine rings is 1. The molecule has 0 radical (unpaired) electrons. The van der Waals surface area contributed by atoms with Gasteiger partial charge in [0.2, 0.25) is 11.8 Å². The first-order valence-corrected chi connectivity index (χ1v) is 12.6. The van der Waals surface area contributed by atoms with E-state index >= 15 is 0 Å². The summed E-state index contributed by atoms with van der Waals surface area (Å²) in [6, 6.07) is 2.22. The molecule has 0 saturated carbocycles. The van der Waals surface area contributed by atoms with Crippen molar-refractivity contribution in [2.24, 2.45) is 17.1 Å². The lowest BCUT2D eigenvalue weighted by Crippen LogP contribution is -2.48. The number of nitrogens with one attached hydrogen (secondary N) is 3. The third kappa shape index (κ3) is 6.36. The maximum Gasteiger partial charge on any atom is 0.328 e. The number of hydrogen-bond donors (Lipinski definition) is 4. The molecule has 1 aliphatic heterocycles. The normalized spacial score (nSPS) is 17.6. The molecule has 0 spiro atoms. The molecule has 11 heteroatoms. The van der Waals surface area contributed by atoms with Crippen LogP contribution in [0, 0.1) is 11.3 Å². The van der Waals surface area contributed by atoms with Gasteiger partial charge in [0.25, 0.3) is 5.91 Å². The van der Waals surface area contributed by atoms with E-state index in [0.717, 1.165) is 6.42 Å². The molecule has 1 fully saturated rings. The van der Waals surface area contributed by atoms with Crippen molar-refractivity contribution in [3.8, 4) is 5.75 Å². The van der Waals surface area contributed by atoms with E-state index < -0.39 is 35.7 Å². The molecule has 202 valence electrons. The Morgan fingerprint density at radius 3 is 2.51 bits per heavy atom. The molecule has 5 N–H and O–H groups in total. The fourth-order valence-corrected chi connectivity index (χ4v) is 5.09. The minimum atomic E-state index is -1.05. The lowest BCUT2D eigenvalue weighted by atomic mass is 9.79. The number of esters is 1. The molecular formula is C26H35ClN4O6. The van der Waals surface area contributed by atoms with Crippen LogP contribution in [-0.2, 0) is 19.1 Å². The number of amides is 3. The van der Waals surface area contributed by atoms with Crippen molar-refractivity contribution in [3.05, 3.63) is 28.4 Å². The number of benzene rings is 1. The van der Waals surface area contributed by atoms with Gasteiger partial charge in [-0.25, -0.2) is 4.79 Å². The SMILES string of the molecule is COC(=O)[C@H](C[C@@H]1CCCNC1=O)NC(=O)[C@@H](CC(C)(C)C)c1c(C(N)=O)[nH]c2c(Cl)ccc(OC)c12. The maximum absolute atomic E-state index is 13.9. The summed E-state index contributed by atoms with van der Waals surface area (Å²) < 4.78 is 10.5. The van der Waals surface area contributed by atoms with Gasteiger partial charge in [0.15, 0.2) is 0 Å². The Morgan fingerprint density at radius 2 is 1.95 bits per heavy atom. The third-order valence-corrected chi connectivity index (χ3v) is 6.89. The summed E-state index contributed by atoms with van der Waals surface area (Å²) in [7, 11) is 2.71. The average molecular weight is 535 g/mol. The smallest absolute Gasteiger partial charge is 0.328 e. The highest BCUT2D eigenvalue weighted by Gasteiger charge is 2.37. The predicted molar refractivity (Wildman–Crippen MR) is 139 cm³/mol. The average Bonchev–Trinajstić information content (AvgIpc) is 3.24. The van der Waals surface area contributed by atoms with Crippen LogP contribution in [0.2, 0.25) is 5.02 Å². The molecule has 1 aromatic carbocycles. The van der Waals surface area contributed by atoms with Crippen molar-refractivity contribution in [2.45, 2.75) is 58.4 Å². The molecule has 10 nitrogen and oxygen atoms in total. The lowest BCUT2D eigenvalue weighted by molar-refractivity contribution is -0.146. The second kappa shape index (κ2) is 11.4. The molecule has 3 rings (SSSR count). The zero-order chi connectivity index (χ0) is 27.5. The molecule has 37 heavy (non-hydrogen) atoms. The predicted octanol–water partition coefficient (Wildman–Crippen LogP) is 3.02. The molecule has 2 aromatic rings.